The minimum Gasteiger partial charge on any atom is -0.440 e. The zero-order valence-electron chi connectivity index (χ0n) is 7.84. The number of halogens is 2. The fourth-order valence-corrected chi connectivity index (χ4v) is 2.25. The molecule has 0 saturated carbocycles. The van der Waals surface area contributed by atoms with Crippen molar-refractivity contribution in [2.75, 3.05) is 0 Å². The number of oxazole rings is 1. The van der Waals surface area contributed by atoms with Crippen LogP contribution in [0.15, 0.2) is 16.5 Å². The lowest BCUT2D eigenvalue weighted by atomic mass is 10.2. The van der Waals surface area contributed by atoms with Crippen molar-refractivity contribution in [3.63, 3.8) is 0 Å². The van der Waals surface area contributed by atoms with Crippen LogP contribution in [0.1, 0.15) is 25.7 Å². The molecule has 1 heterocycles. The first kappa shape index (κ1) is 10.2. The van der Waals surface area contributed by atoms with E-state index >= 15 is 0 Å². The van der Waals surface area contributed by atoms with Crippen LogP contribution in [-0.4, -0.2) is 4.98 Å². The van der Waals surface area contributed by atoms with Gasteiger partial charge in [-0.25, -0.2) is 4.98 Å². The second-order valence-electron chi connectivity index (χ2n) is 3.44. The van der Waals surface area contributed by atoms with Crippen molar-refractivity contribution in [3.8, 4) is 0 Å². The van der Waals surface area contributed by atoms with E-state index in [2.05, 4.69) is 27.6 Å². The zero-order chi connectivity index (χ0) is 10.3. The van der Waals surface area contributed by atoms with Crippen LogP contribution in [0.5, 0.6) is 0 Å². The van der Waals surface area contributed by atoms with E-state index in [9.17, 15) is 0 Å². The Hall–Kier alpha value is -0.290. The first-order valence-corrected chi connectivity index (χ1v) is 5.79. The number of nitrogens with zero attached hydrogens (tertiary/aromatic N) is 1. The second-order valence-corrected chi connectivity index (χ2v) is 5.09. The van der Waals surface area contributed by atoms with Crippen molar-refractivity contribution in [2.24, 2.45) is 0 Å². The van der Waals surface area contributed by atoms with E-state index in [1.165, 1.54) is 0 Å². The number of benzene rings is 1. The van der Waals surface area contributed by atoms with Gasteiger partial charge in [0, 0.05) is 9.49 Å². The summed E-state index contributed by atoms with van der Waals surface area (Å²) in [4.78, 5) is 4.35. The largest absolute Gasteiger partial charge is 0.440 e. The van der Waals surface area contributed by atoms with Gasteiger partial charge < -0.3 is 4.42 Å². The van der Waals surface area contributed by atoms with Crippen molar-refractivity contribution in [3.05, 3.63) is 26.6 Å². The van der Waals surface area contributed by atoms with Crippen LogP contribution < -0.4 is 0 Å². The van der Waals surface area contributed by atoms with Gasteiger partial charge in [0.05, 0.1) is 5.02 Å². The number of rotatable bonds is 1. The Balaban J connectivity index is 2.70. The molecule has 0 fully saturated rings. The Kier molecular flexibility index (Phi) is 2.70. The van der Waals surface area contributed by atoms with Crippen LogP contribution in [0.2, 0.25) is 5.02 Å². The standard InChI is InChI=1S/C10H9ClINO/c1-5(2)10-13-9-7(11)3-6(12)4-8(9)14-10/h3-5H,1-2H3. The van der Waals surface area contributed by atoms with E-state index in [4.69, 9.17) is 16.0 Å². The van der Waals surface area contributed by atoms with Crippen LogP contribution in [0, 0.1) is 3.57 Å². The molecule has 0 radical (unpaired) electrons. The van der Waals surface area contributed by atoms with Crippen molar-refractivity contribution in [2.45, 2.75) is 19.8 Å². The highest BCUT2D eigenvalue weighted by atomic mass is 127. The minimum absolute atomic E-state index is 0.288. The summed E-state index contributed by atoms with van der Waals surface area (Å²) in [5.74, 6) is 1.03. The van der Waals surface area contributed by atoms with E-state index in [0.29, 0.717) is 5.02 Å². The van der Waals surface area contributed by atoms with Crippen LogP contribution in [-0.2, 0) is 0 Å². The predicted molar refractivity (Wildman–Crippen MR) is 65.8 cm³/mol. The molecule has 0 spiro atoms. The fraction of sp³-hybridized carbons (Fsp3) is 0.300. The summed E-state index contributed by atoms with van der Waals surface area (Å²) in [5, 5.41) is 0.655. The monoisotopic (exact) mass is 321 g/mol. The smallest absolute Gasteiger partial charge is 0.198 e. The SMILES string of the molecule is CC(C)c1nc2c(Cl)cc(I)cc2o1. The highest BCUT2D eigenvalue weighted by molar-refractivity contribution is 14.1. The summed E-state index contributed by atoms with van der Waals surface area (Å²) in [6.45, 7) is 4.09. The lowest BCUT2D eigenvalue weighted by molar-refractivity contribution is 0.501. The average molecular weight is 322 g/mol. The van der Waals surface area contributed by atoms with E-state index < -0.39 is 0 Å². The molecule has 0 aliphatic carbocycles. The molecule has 2 nitrogen and oxygen atoms in total. The predicted octanol–water partition coefficient (Wildman–Crippen LogP) is 4.21. The molecule has 0 aliphatic rings. The van der Waals surface area contributed by atoms with E-state index in [1.807, 2.05) is 26.0 Å². The van der Waals surface area contributed by atoms with Crippen molar-refractivity contribution < 1.29 is 4.42 Å². The normalized spacial score (nSPS) is 11.5. The maximum atomic E-state index is 6.05. The molecular weight excluding hydrogens is 312 g/mol. The van der Waals surface area contributed by atoms with Gasteiger partial charge in [-0.05, 0) is 34.7 Å². The van der Waals surface area contributed by atoms with Gasteiger partial charge in [-0.15, -0.1) is 0 Å². The topological polar surface area (TPSA) is 26.0 Å². The molecule has 0 N–H and O–H groups in total. The molecule has 0 saturated heterocycles. The Labute approximate surface area is 101 Å². The maximum Gasteiger partial charge on any atom is 0.198 e. The molecule has 2 rings (SSSR count). The highest BCUT2D eigenvalue weighted by Gasteiger charge is 2.12. The van der Waals surface area contributed by atoms with Gasteiger partial charge in [-0.1, -0.05) is 25.4 Å². The van der Waals surface area contributed by atoms with Crippen LogP contribution >= 0.6 is 34.2 Å². The third-order valence-corrected chi connectivity index (χ3v) is 2.83. The quantitative estimate of drug-likeness (QED) is 0.735. The first-order chi connectivity index (χ1) is 6.58. The fourth-order valence-electron chi connectivity index (χ4n) is 1.22. The van der Waals surface area contributed by atoms with Gasteiger partial charge in [0.15, 0.2) is 11.5 Å². The molecule has 1 aromatic heterocycles. The molecular formula is C10H9ClINO. The third-order valence-electron chi connectivity index (χ3n) is 1.92. The maximum absolute atomic E-state index is 6.05. The molecule has 14 heavy (non-hydrogen) atoms. The van der Waals surface area contributed by atoms with Gasteiger partial charge in [0.25, 0.3) is 0 Å². The van der Waals surface area contributed by atoms with Crippen LogP contribution in [0.4, 0.5) is 0 Å². The number of hydrogen-bond acceptors (Lipinski definition) is 2. The number of hydrogen-bond donors (Lipinski definition) is 0. The van der Waals surface area contributed by atoms with E-state index in [-0.39, 0.29) is 5.92 Å². The number of aromatic nitrogens is 1. The summed E-state index contributed by atoms with van der Waals surface area (Å²) < 4.78 is 6.65. The third kappa shape index (κ3) is 1.75. The molecule has 0 bridgehead atoms. The summed E-state index contributed by atoms with van der Waals surface area (Å²) in [5.41, 5.74) is 1.53. The average Bonchev–Trinajstić information content (AvgIpc) is 2.47. The minimum atomic E-state index is 0.288. The van der Waals surface area contributed by atoms with Crippen molar-refractivity contribution in [1.29, 1.82) is 0 Å². The summed E-state index contributed by atoms with van der Waals surface area (Å²) in [6, 6.07) is 3.83. The molecule has 0 unspecified atom stereocenters. The molecule has 74 valence electrons. The van der Waals surface area contributed by atoms with Gasteiger partial charge in [-0.3, -0.25) is 0 Å². The second kappa shape index (κ2) is 3.70. The Bertz CT molecular complexity index is 478. The molecule has 2 aromatic rings. The van der Waals surface area contributed by atoms with E-state index in [1.54, 1.807) is 0 Å². The van der Waals surface area contributed by atoms with Crippen LogP contribution in [0.25, 0.3) is 11.1 Å². The van der Waals surface area contributed by atoms with Crippen molar-refractivity contribution >= 4 is 45.3 Å². The van der Waals surface area contributed by atoms with Gasteiger partial charge in [0.2, 0.25) is 0 Å². The van der Waals surface area contributed by atoms with E-state index in [0.717, 1.165) is 20.6 Å². The van der Waals surface area contributed by atoms with Crippen molar-refractivity contribution in [1.82, 2.24) is 4.98 Å². The van der Waals surface area contributed by atoms with Gasteiger partial charge in [-0.2, -0.15) is 0 Å². The Morgan fingerprint density at radius 1 is 1.43 bits per heavy atom. The Morgan fingerprint density at radius 3 is 2.79 bits per heavy atom. The van der Waals surface area contributed by atoms with Gasteiger partial charge in [0.1, 0.15) is 5.52 Å². The summed E-state index contributed by atoms with van der Waals surface area (Å²) in [7, 11) is 0. The van der Waals surface area contributed by atoms with Crippen LogP contribution in [0.3, 0.4) is 0 Å². The lowest BCUT2D eigenvalue weighted by Crippen LogP contribution is -1.84. The molecule has 1 aromatic carbocycles. The summed E-state index contributed by atoms with van der Waals surface area (Å²) >= 11 is 8.26. The summed E-state index contributed by atoms with van der Waals surface area (Å²) in [6.07, 6.45) is 0. The van der Waals surface area contributed by atoms with Gasteiger partial charge >= 0.3 is 0 Å². The lowest BCUT2D eigenvalue weighted by Gasteiger charge is -1.93. The molecule has 0 amide bonds. The Morgan fingerprint density at radius 2 is 2.14 bits per heavy atom. The molecule has 0 aliphatic heterocycles. The molecule has 0 atom stereocenters. The number of fused-ring (bicyclic) bond motifs is 1. The highest BCUT2D eigenvalue weighted by Crippen LogP contribution is 2.28. The first-order valence-electron chi connectivity index (χ1n) is 4.33. The molecule has 4 heteroatoms. The zero-order valence-corrected chi connectivity index (χ0v) is 10.8.